The molecule has 1 fully saturated rings. The summed E-state index contributed by atoms with van der Waals surface area (Å²) in [5.74, 6) is -6.26. The molecule has 11 nitrogen and oxygen atoms in total. The molecule has 3 aliphatic rings. The molecule has 2 aromatic carbocycles. The highest BCUT2D eigenvalue weighted by Crippen LogP contribution is 2.55. The number of fused-ring (bicyclic) bond motifs is 3. The fourth-order valence-corrected chi connectivity index (χ4v) is 6.70. The van der Waals surface area contributed by atoms with E-state index in [1.165, 1.54) is 12.0 Å². The van der Waals surface area contributed by atoms with Crippen molar-refractivity contribution in [3.05, 3.63) is 58.4 Å². The summed E-state index contributed by atoms with van der Waals surface area (Å²) >= 11 is 0. The van der Waals surface area contributed by atoms with Gasteiger partial charge in [0, 0.05) is 36.8 Å². The Kier molecular flexibility index (Phi) is 6.62. The average molecular weight is 564 g/mol. The van der Waals surface area contributed by atoms with Gasteiger partial charge >= 0.3 is 0 Å². The molecule has 4 atom stereocenters. The third-order valence-corrected chi connectivity index (χ3v) is 8.56. The lowest BCUT2D eigenvalue weighted by molar-refractivity contribution is -0.153. The number of Topliss-reactive ketones (excluding diaryl/α,β-unsaturated/α-hetero) is 2. The van der Waals surface area contributed by atoms with E-state index in [1.807, 2.05) is 19.0 Å². The number of ether oxygens (including phenoxy) is 1. The Hall–Kier alpha value is -4.35. The summed E-state index contributed by atoms with van der Waals surface area (Å²) in [6, 6.07) is 7.67. The van der Waals surface area contributed by atoms with Gasteiger partial charge in [0.25, 0.3) is 5.91 Å². The van der Waals surface area contributed by atoms with Crippen LogP contribution in [0.15, 0.2) is 47.2 Å². The Morgan fingerprint density at radius 1 is 1.10 bits per heavy atom. The van der Waals surface area contributed by atoms with Gasteiger partial charge < -0.3 is 35.8 Å². The minimum absolute atomic E-state index is 0.0248. The van der Waals surface area contributed by atoms with E-state index in [0.29, 0.717) is 28.1 Å². The highest BCUT2D eigenvalue weighted by molar-refractivity contribution is 6.24. The van der Waals surface area contributed by atoms with E-state index in [9.17, 15) is 34.8 Å². The van der Waals surface area contributed by atoms with Crippen LogP contribution in [0.1, 0.15) is 17.5 Å². The lowest BCUT2D eigenvalue weighted by Crippen LogP contribution is -2.65. The van der Waals surface area contributed by atoms with Crippen molar-refractivity contribution in [2.45, 2.75) is 24.5 Å². The van der Waals surface area contributed by atoms with Crippen molar-refractivity contribution in [2.24, 2.45) is 17.6 Å². The number of aliphatic hydroxyl groups excluding tert-OH is 2. The molecular formula is C30H33N3O8. The summed E-state index contributed by atoms with van der Waals surface area (Å²) in [5, 5.41) is 46.0. The van der Waals surface area contributed by atoms with Crippen LogP contribution < -0.4 is 15.4 Å². The minimum atomic E-state index is -2.69. The standard InChI is InChI=1S/C30H33N3O8/c1-32(2)19-12-16(13-7-6-8-15(9-13)41-5)24(34)21-17(19)10-14-11-18-23(33(3)4)26(36)22(29(31)39)28(38)30(18,40)27(37)20(14)25(21)35/h6-9,12,14,18,23,34-35,38,40H,10-11H2,1-5H3,(H2,31,39)/t14-,18-,23-,30-/m0/s1. The molecule has 6 N–H and O–H groups in total. The van der Waals surface area contributed by atoms with E-state index < -0.39 is 58.0 Å². The van der Waals surface area contributed by atoms with Gasteiger partial charge in [-0.15, -0.1) is 0 Å². The average Bonchev–Trinajstić information content (AvgIpc) is 2.90. The lowest BCUT2D eigenvalue weighted by Gasteiger charge is -2.50. The number of benzene rings is 2. The number of carbonyl (C=O) groups excluding carboxylic acids is 3. The van der Waals surface area contributed by atoms with Gasteiger partial charge in [-0.3, -0.25) is 19.3 Å². The van der Waals surface area contributed by atoms with Crippen LogP contribution in [0.3, 0.4) is 0 Å². The quantitative estimate of drug-likeness (QED) is 0.337. The molecule has 3 aliphatic carbocycles. The van der Waals surface area contributed by atoms with E-state index in [0.717, 1.165) is 0 Å². The Balaban J connectivity index is 1.77. The van der Waals surface area contributed by atoms with Crippen molar-refractivity contribution >= 4 is 28.9 Å². The number of hydrogen-bond donors (Lipinski definition) is 5. The van der Waals surface area contributed by atoms with Crippen LogP contribution in [-0.4, -0.2) is 89.7 Å². The zero-order valence-electron chi connectivity index (χ0n) is 23.4. The minimum Gasteiger partial charge on any atom is -0.508 e. The third kappa shape index (κ3) is 3.91. The summed E-state index contributed by atoms with van der Waals surface area (Å²) in [4.78, 5) is 42.9. The summed E-state index contributed by atoms with van der Waals surface area (Å²) in [5.41, 5.74) is 3.96. The Bertz CT molecular complexity index is 1570. The van der Waals surface area contributed by atoms with Crippen molar-refractivity contribution in [3.8, 4) is 22.6 Å². The van der Waals surface area contributed by atoms with E-state index in [1.54, 1.807) is 44.4 Å². The topological polar surface area (TPSA) is 174 Å². The Labute approximate surface area is 236 Å². The number of ketones is 2. The number of amides is 1. The molecule has 0 aromatic heterocycles. The number of hydrogen-bond acceptors (Lipinski definition) is 10. The number of aliphatic hydroxyl groups is 3. The SMILES string of the molecule is COc1cccc(-c2cc(N(C)C)c3c(c2O)C(O)=C2C(=O)[C@]4(O)C(O)=C(C(N)=O)C(=O)[C@@H](N(C)C)[C@@H]4C[C@@H]2C3)c1. The van der Waals surface area contributed by atoms with Gasteiger partial charge in [0.15, 0.2) is 11.4 Å². The second kappa shape index (κ2) is 9.64. The zero-order chi connectivity index (χ0) is 30.1. The molecule has 0 heterocycles. The van der Waals surface area contributed by atoms with Gasteiger partial charge in [-0.1, -0.05) is 12.1 Å². The van der Waals surface area contributed by atoms with Crippen molar-refractivity contribution < 1.29 is 39.5 Å². The summed E-state index contributed by atoms with van der Waals surface area (Å²) in [7, 11) is 8.29. The highest BCUT2D eigenvalue weighted by atomic mass is 16.5. The molecule has 2 aromatic rings. The molecule has 5 rings (SSSR count). The number of nitrogens with two attached hydrogens (primary N) is 1. The van der Waals surface area contributed by atoms with Gasteiger partial charge in [-0.05, 0) is 62.2 Å². The van der Waals surface area contributed by atoms with E-state index in [-0.39, 0.29) is 29.7 Å². The number of methoxy groups -OCH3 is 1. The first-order valence-electron chi connectivity index (χ1n) is 13.1. The number of nitrogens with zero attached hydrogens (tertiary/aromatic N) is 2. The van der Waals surface area contributed by atoms with Crippen molar-refractivity contribution in [2.75, 3.05) is 40.2 Å². The fourth-order valence-electron chi connectivity index (χ4n) is 6.70. The summed E-state index contributed by atoms with van der Waals surface area (Å²) < 4.78 is 5.33. The number of rotatable bonds is 5. The third-order valence-electron chi connectivity index (χ3n) is 8.56. The van der Waals surface area contributed by atoms with Crippen LogP contribution in [-0.2, 0) is 20.8 Å². The lowest BCUT2D eigenvalue weighted by atomic mass is 9.57. The van der Waals surface area contributed by atoms with Gasteiger partial charge in [-0.25, -0.2) is 0 Å². The maximum absolute atomic E-state index is 14.1. The van der Waals surface area contributed by atoms with Crippen LogP contribution in [0.5, 0.6) is 11.5 Å². The molecule has 0 aliphatic heterocycles. The van der Waals surface area contributed by atoms with Crippen LogP contribution in [0.2, 0.25) is 0 Å². The number of anilines is 1. The Morgan fingerprint density at radius 2 is 1.78 bits per heavy atom. The van der Waals surface area contributed by atoms with E-state index >= 15 is 0 Å². The van der Waals surface area contributed by atoms with E-state index in [4.69, 9.17) is 10.5 Å². The zero-order valence-corrected chi connectivity index (χ0v) is 23.4. The van der Waals surface area contributed by atoms with Gasteiger partial charge in [-0.2, -0.15) is 0 Å². The first-order chi connectivity index (χ1) is 19.2. The summed E-state index contributed by atoms with van der Waals surface area (Å²) in [6.07, 6.45) is 0.227. The Morgan fingerprint density at radius 3 is 2.37 bits per heavy atom. The molecule has 0 radical (unpaired) electrons. The number of aromatic hydroxyl groups is 1. The van der Waals surface area contributed by atoms with Crippen molar-refractivity contribution in [1.29, 1.82) is 0 Å². The molecular weight excluding hydrogens is 530 g/mol. The molecule has 0 spiro atoms. The van der Waals surface area contributed by atoms with Crippen molar-refractivity contribution in [1.82, 2.24) is 4.90 Å². The largest absolute Gasteiger partial charge is 0.508 e. The maximum Gasteiger partial charge on any atom is 0.255 e. The molecule has 1 saturated carbocycles. The van der Waals surface area contributed by atoms with Crippen LogP contribution in [0.4, 0.5) is 5.69 Å². The van der Waals surface area contributed by atoms with Crippen LogP contribution >= 0.6 is 0 Å². The number of phenols is 1. The molecule has 41 heavy (non-hydrogen) atoms. The monoisotopic (exact) mass is 563 g/mol. The number of phenolic OH excluding ortho intramolecular Hbond substituents is 1. The van der Waals surface area contributed by atoms with Crippen LogP contribution in [0.25, 0.3) is 16.9 Å². The van der Waals surface area contributed by atoms with Crippen LogP contribution in [0, 0.1) is 11.8 Å². The molecule has 0 unspecified atom stereocenters. The van der Waals surface area contributed by atoms with Crippen molar-refractivity contribution in [3.63, 3.8) is 0 Å². The fraction of sp³-hybridized carbons (Fsp3) is 0.367. The summed E-state index contributed by atoms with van der Waals surface area (Å²) in [6.45, 7) is 0. The number of carbonyl (C=O) groups is 3. The predicted molar refractivity (Wildman–Crippen MR) is 151 cm³/mol. The molecule has 0 bridgehead atoms. The number of likely N-dealkylation sites (N-methyl/N-ethyl adjacent to an activating group) is 1. The highest BCUT2D eigenvalue weighted by Gasteiger charge is 2.64. The smallest absolute Gasteiger partial charge is 0.255 e. The molecule has 216 valence electrons. The molecule has 1 amide bonds. The first-order valence-corrected chi connectivity index (χ1v) is 13.1. The number of primary amides is 1. The molecule has 0 saturated heterocycles. The maximum atomic E-state index is 14.1. The van der Waals surface area contributed by atoms with Gasteiger partial charge in [0.05, 0.1) is 18.7 Å². The second-order valence-corrected chi connectivity index (χ2v) is 11.2. The van der Waals surface area contributed by atoms with E-state index in [2.05, 4.69) is 0 Å². The normalized spacial score (nSPS) is 25.6. The second-order valence-electron chi connectivity index (χ2n) is 11.2. The predicted octanol–water partition coefficient (Wildman–Crippen LogP) is 1.71. The first kappa shape index (κ1) is 28.2. The van der Waals surface area contributed by atoms with Gasteiger partial charge in [0.1, 0.15) is 28.6 Å². The van der Waals surface area contributed by atoms with Gasteiger partial charge in [0.2, 0.25) is 5.78 Å². The molecule has 11 heteroatoms.